The van der Waals surface area contributed by atoms with E-state index in [0.29, 0.717) is 11.3 Å². The first-order valence-corrected chi connectivity index (χ1v) is 5.71. The van der Waals surface area contributed by atoms with Crippen LogP contribution in [0.25, 0.3) is 0 Å². The van der Waals surface area contributed by atoms with Crippen molar-refractivity contribution in [2.24, 2.45) is 0 Å². The minimum Gasteiger partial charge on any atom is -0.548 e. The molecule has 19 heavy (non-hydrogen) atoms. The monoisotopic (exact) mass is 258 g/mol. The summed E-state index contributed by atoms with van der Waals surface area (Å²) in [5, 5.41) is 13.5. The number of hydrogen-bond donors (Lipinski definition) is 2. The van der Waals surface area contributed by atoms with Crippen LogP contribution in [0.5, 0.6) is 0 Å². The van der Waals surface area contributed by atoms with Gasteiger partial charge in [-0.25, -0.2) is 4.98 Å². The van der Waals surface area contributed by atoms with Gasteiger partial charge < -0.3 is 20.2 Å². The van der Waals surface area contributed by atoms with E-state index in [1.807, 2.05) is 0 Å². The number of nitrogens with one attached hydrogen (secondary N) is 2. The Morgan fingerprint density at radius 2 is 2.05 bits per heavy atom. The number of nitrogens with zero attached hydrogens (tertiary/aromatic N) is 1. The first-order valence-electron chi connectivity index (χ1n) is 5.71. The molecule has 2 rings (SSSR count). The number of benzene rings is 1. The van der Waals surface area contributed by atoms with Crippen LogP contribution in [0, 0.1) is 0 Å². The summed E-state index contributed by atoms with van der Waals surface area (Å²) in [6.07, 6.45) is 3.05. The normalized spacial score (nSPS) is 11.8. The van der Waals surface area contributed by atoms with Crippen LogP contribution >= 0.6 is 0 Å². The van der Waals surface area contributed by atoms with Crippen LogP contribution in [0.3, 0.4) is 0 Å². The molecule has 0 fully saturated rings. The molecule has 1 amide bonds. The fourth-order valence-electron chi connectivity index (χ4n) is 1.64. The minimum absolute atomic E-state index is 0.0981. The molecule has 0 aliphatic rings. The van der Waals surface area contributed by atoms with Crippen molar-refractivity contribution >= 4 is 11.9 Å². The first kappa shape index (κ1) is 12.8. The van der Waals surface area contributed by atoms with Crippen LogP contribution < -0.4 is 10.4 Å². The summed E-state index contributed by atoms with van der Waals surface area (Å²) >= 11 is 0. The molecule has 0 unspecified atom stereocenters. The van der Waals surface area contributed by atoms with Gasteiger partial charge in [0.2, 0.25) is 0 Å². The summed E-state index contributed by atoms with van der Waals surface area (Å²) in [7, 11) is 0. The number of carbonyl (C=O) groups excluding carboxylic acids is 2. The van der Waals surface area contributed by atoms with Crippen molar-refractivity contribution in [3.8, 4) is 0 Å². The number of aliphatic carboxylic acids is 1. The molecule has 1 aromatic heterocycles. The molecule has 1 heterocycles. The van der Waals surface area contributed by atoms with Crippen molar-refractivity contribution in [1.29, 1.82) is 0 Å². The van der Waals surface area contributed by atoms with Crippen molar-refractivity contribution in [1.82, 2.24) is 15.3 Å². The smallest absolute Gasteiger partial charge is 0.251 e. The third-order valence-corrected chi connectivity index (χ3v) is 2.60. The van der Waals surface area contributed by atoms with E-state index in [1.165, 1.54) is 12.5 Å². The minimum atomic E-state index is -1.33. The number of hydrogen-bond acceptors (Lipinski definition) is 4. The van der Waals surface area contributed by atoms with E-state index in [2.05, 4.69) is 15.3 Å². The number of imidazole rings is 1. The van der Waals surface area contributed by atoms with Gasteiger partial charge in [0.15, 0.2) is 0 Å². The Morgan fingerprint density at radius 1 is 1.32 bits per heavy atom. The summed E-state index contributed by atoms with van der Waals surface area (Å²) in [4.78, 5) is 29.5. The maximum atomic E-state index is 11.9. The molecule has 0 aliphatic heterocycles. The molecule has 0 spiro atoms. The van der Waals surface area contributed by atoms with Crippen molar-refractivity contribution in [2.75, 3.05) is 0 Å². The average molecular weight is 258 g/mol. The second kappa shape index (κ2) is 5.81. The SMILES string of the molecule is O=C(N[C@@H](Cc1cnc[nH]1)C(=O)[O-])c1ccccc1. The Bertz CT molecular complexity index is 552. The molecule has 2 N–H and O–H groups in total. The van der Waals surface area contributed by atoms with Crippen molar-refractivity contribution in [2.45, 2.75) is 12.5 Å². The van der Waals surface area contributed by atoms with E-state index >= 15 is 0 Å². The Balaban J connectivity index is 2.05. The molecular formula is C13H12N3O3-. The first-order chi connectivity index (χ1) is 9.16. The van der Waals surface area contributed by atoms with Gasteiger partial charge in [-0.3, -0.25) is 4.79 Å². The lowest BCUT2D eigenvalue weighted by atomic mass is 10.1. The summed E-state index contributed by atoms with van der Waals surface area (Å²) in [6.45, 7) is 0. The van der Waals surface area contributed by atoms with E-state index in [9.17, 15) is 14.7 Å². The average Bonchev–Trinajstić information content (AvgIpc) is 2.91. The van der Waals surface area contributed by atoms with Crippen molar-refractivity contribution < 1.29 is 14.7 Å². The number of amides is 1. The van der Waals surface area contributed by atoms with Gasteiger partial charge in [0.1, 0.15) is 0 Å². The molecule has 0 saturated carbocycles. The molecule has 0 saturated heterocycles. The van der Waals surface area contributed by atoms with Gasteiger partial charge in [-0.1, -0.05) is 18.2 Å². The number of aromatic nitrogens is 2. The third kappa shape index (κ3) is 3.41. The lowest BCUT2D eigenvalue weighted by Crippen LogP contribution is -2.49. The van der Waals surface area contributed by atoms with E-state index in [4.69, 9.17) is 0 Å². The van der Waals surface area contributed by atoms with Gasteiger partial charge in [0.25, 0.3) is 5.91 Å². The number of carboxylic acid groups (broad SMARTS) is 1. The largest absolute Gasteiger partial charge is 0.548 e. The van der Waals surface area contributed by atoms with Crippen LogP contribution in [0.1, 0.15) is 16.1 Å². The molecule has 6 heteroatoms. The van der Waals surface area contributed by atoms with Crippen LogP contribution in [0.2, 0.25) is 0 Å². The summed E-state index contributed by atoms with van der Waals surface area (Å²) < 4.78 is 0. The van der Waals surface area contributed by atoms with Crippen LogP contribution in [0.15, 0.2) is 42.9 Å². The Hall–Kier alpha value is -2.63. The standard InChI is InChI=1S/C13H13N3O3/c17-12(9-4-2-1-3-5-9)16-11(13(18)19)6-10-7-14-8-15-10/h1-5,7-8,11H,6H2,(H,14,15)(H,16,17)(H,18,19)/p-1/t11-/m0/s1. The van der Waals surface area contributed by atoms with Crippen LogP contribution in [-0.4, -0.2) is 27.9 Å². The highest BCUT2D eigenvalue weighted by Crippen LogP contribution is 2.02. The predicted molar refractivity (Wildman–Crippen MR) is 65.0 cm³/mol. The molecule has 0 bridgehead atoms. The Kier molecular flexibility index (Phi) is 3.92. The zero-order chi connectivity index (χ0) is 13.7. The van der Waals surface area contributed by atoms with Gasteiger partial charge in [0, 0.05) is 23.9 Å². The summed E-state index contributed by atoms with van der Waals surface area (Å²) in [5.41, 5.74) is 1.01. The predicted octanol–water partition coefficient (Wildman–Crippen LogP) is -0.499. The van der Waals surface area contributed by atoms with E-state index < -0.39 is 17.9 Å². The number of aromatic amines is 1. The Morgan fingerprint density at radius 3 is 2.63 bits per heavy atom. The zero-order valence-electron chi connectivity index (χ0n) is 10.00. The second-order valence-corrected chi connectivity index (χ2v) is 3.99. The fraction of sp³-hybridized carbons (Fsp3) is 0.154. The van der Waals surface area contributed by atoms with Crippen LogP contribution in [-0.2, 0) is 11.2 Å². The van der Waals surface area contributed by atoms with Gasteiger partial charge >= 0.3 is 0 Å². The lowest BCUT2D eigenvalue weighted by Gasteiger charge is -2.19. The molecule has 2 aromatic rings. The molecule has 98 valence electrons. The maximum Gasteiger partial charge on any atom is 0.251 e. The summed E-state index contributed by atoms with van der Waals surface area (Å²) in [6, 6.07) is 7.30. The number of H-pyrrole nitrogens is 1. The highest BCUT2D eigenvalue weighted by atomic mass is 16.4. The topological polar surface area (TPSA) is 97.9 Å². The van der Waals surface area contributed by atoms with E-state index in [1.54, 1.807) is 30.3 Å². The van der Waals surface area contributed by atoms with Gasteiger partial charge in [0.05, 0.1) is 18.3 Å². The van der Waals surface area contributed by atoms with Gasteiger partial charge in [-0.05, 0) is 12.1 Å². The third-order valence-electron chi connectivity index (χ3n) is 2.60. The summed E-state index contributed by atoms with van der Waals surface area (Å²) in [5.74, 6) is -1.78. The maximum absolute atomic E-state index is 11.9. The Labute approximate surface area is 109 Å². The zero-order valence-corrected chi connectivity index (χ0v) is 10.00. The van der Waals surface area contributed by atoms with E-state index in [0.717, 1.165) is 0 Å². The molecular weight excluding hydrogens is 246 g/mol. The highest BCUT2D eigenvalue weighted by molar-refractivity contribution is 5.96. The molecule has 0 radical (unpaired) electrons. The number of rotatable bonds is 5. The van der Waals surface area contributed by atoms with Gasteiger partial charge in [-0.2, -0.15) is 0 Å². The number of carbonyl (C=O) groups is 2. The second-order valence-electron chi connectivity index (χ2n) is 3.99. The van der Waals surface area contributed by atoms with Crippen molar-refractivity contribution in [3.63, 3.8) is 0 Å². The van der Waals surface area contributed by atoms with Gasteiger partial charge in [-0.15, -0.1) is 0 Å². The molecule has 1 atom stereocenters. The van der Waals surface area contributed by atoms with E-state index in [-0.39, 0.29) is 6.42 Å². The lowest BCUT2D eigenvalue weighted by molar-refractivity contribution is -0.308. The molecule has 0 aliphatic carbocycles. The fourth-order valence-corrected chi connectivity index (χ4v) is 1.64. The highest BCUT2D eigenvalue weighted by Gasteiger charge is 2.15. The quantitative estimate of drug-likeness (QED) is 0.755. The number of carboxylic acids is 1. The van der Waals surface area contributed by atoms with Crippen molar-refractivity contribution in [3.05, 3.63) is 54.1 Å². The molecule has 6 nitrogen and oxygen atoms in total. The molecule has 1 aromatic carbocycles. The van der Waals surface area contributed by atoms with Crippen LogP contribution in [0.4, 0.5) is 0 Å².